The van der Waals surface area contributed by atoms with Crippen molar-refractivity contribution in [1.82, 2.24) is 4.98 Å². The van der Waals surface area contributed by atoms with Crippen molar-refractivity contribution in [2.45, 2.75) is 16.5 Å². The van der Waals surface area contributed by atoms with Crippen molar-refractivity contribution in [2.75, 3.05) is 0 Å². The van der Waals surface area contributed by atoms with Crippen LogP contribution in [0.5, 0.6) is 0 Å². The minimum atomic E-state index is 0.429. The van der Waals surface area contributed by atoms with Gasteiger partial charge in [-0.3, -0.25) is 0 Å². The van der Waals surface area contributed by atoms with E-state index in [1.807, 2.05) is 30.3 Å². The number of benzene rings is 1. The SMILES string of the molecule is NCc1c(Cl)cccc1Sc1ccc(Br)cn1. The third-order valence-electron chi connectivity index (χ3n) is 2.19. The molecule has 5 heteroatoms. The molecule has 0 amide bonds. The smallest absolute Gasteiger partial charge is 0.101 e. The highest BCUT2D eigenvalue weighted by atomic mass is 79.9. The van der Waals surface area contributed by atoms with E-state index in [0.29, 0.717) is 11.6 Å². The molecule has 0 unspecified atom stereocenters. The van der Waals surface area contributed by atoms with Gasteiger partial charge in [-0.05, 0) is 45.8 Å². The van der Waals surface area contributed by atoms with Gasteiger partial charge in [0.05, 0.1) is 0 Å². The lowest BCUT2D eigenvalue weighted by molar-refractivity contribution is 1.02. The van der Waals surface area contributed by atoms with Crippen LogP contribution in [0, 0.1) is 0 Å². The van der Waals surface area contributed by atoms with Crippen LogP contribution in [0.1, 0.15) is 5.56 Å². The highest BCUT2D eigenvalue weighted by molar-refractivity contribution is 9.10. The molecule has 1 aromatic heterocycles. The topological polar surface area (TPSA) is 38.9 Å². The summed E-state index contributed by atoms with van der Waals surface area (Å²) in [5.41, 5.74) is 6.67. The molecule has 0 aliphatic carbocycles. The first-order valence-electron chi connectivity index (χ1n) is 4.97. The molecule has 0 bridgehead atoms. The monoisotopic (exact) mass is 328 g/mol. The summed E-state index contributed by atoms with van der Waals surface area (Å²) in [4.78, 5) is 5.36. The maximum Gasteiger partial charge on any atom is 0.101 e. The third kappa shape index (κ3) is 3.22. The molecule has 17 heavy (non-hydrogen) atoms. The van der Waals surface area contributed by atoms with Gasteiger partial charge in [-0.1, -0.05) is 29.4 Å². The van der Waals surface area contributed by atoms with E-state index in [2.05, 4.69) is 20.9 Å². The standard InChI is InChI=1S/C12H10BrClN2S/c13-8-4-5-12(16-7-8)17-11-3-1-2-10(14)9(11)6-15/h1-5,7H,6,15H2. The molecule has 0 aliphatic rings. The highest BCUT2D eigenvalue weighted by Crippen LogP contribution is 2.32. The van der Waals surface area contributed by atoms with E-state index in [9.17, 15) is 0 Å². The number of aromatic nitrogens is 1. The van der Waals surface area contributed by atoms with Crippen LogP contribution in [0.2, 0.25) is 5.02 Å². The molecule has 1 heterocycles. The number of rotatable bonds is 3. The normalized spacial score (nSPS) is 10.5. The van der Waals surface area contributed by atoms with Crippen molar-refractivity contribution in [3.8, 4) is 0 Å². The zero-order valence-electron chi connectivity index (χ0n) is 8.86. The average Bonchev–Trinajstić information content (AvgIpc) is 2.32. The molecule has 2 nitrogen and oxygen atoms in total. The lowest BCUT2D eigenvalue weighted by atomic mass is 10.2. The van der Waals surface area contributed by atoms with Crippen molar-refractivity contribution in [3.63, 3.8) is 0 Å². The summed E-state index contributed by atoms with van der Waals surface area (Å²) >= 11 is 11.0. The number of halogens is 2. The van der Waals surface area contributed by atoms with Crippen molar-refractivity contribution >= 4 is 39.3 Å². The zero-order chi connectivity index (χ0) is 12.3. The Kier molecular flexibility index (Phi) is 4.45. The van der Waals surface area contributed by atoms with Crippen LogP contribution in [-0.4, -0.2) is 4.98 Å². The molecule has 0 saturated carbocycles. The van der Waals surface area contributed by atoms with Crippen LogP contribution in [0.4, 0.5) is 0 Å². The summed E-state index contributed by atoms with van der Waals surface area (Å²) in [7, 11) is 0. The first-order valence-corrected chi connectivity index (χ1v) is 6.96. The summed E-state index contributed by atoms with van der Waals surface area (Å²) < 4.78 is 0.965. The first-order chi connectivity index (χ1) is 8.20. The quantitative estimate of drug-likeness (QED) is 0.921. The summed E-state index contributed by atoms with van der Waals surface area (Å²) in [6.07, 6.45) is 1.77. The Bertz CT molecular complexity index is 516. The third-order valence-corrected chi connectivity index (χ3v) is 4.07. The molecule has 2 N–H and O–H groups in total. The van der Waals surface area contributed by atoms with Crippen molar-refractivity contribution in [2.24, 2.45) is 5.73 Å². The Hall–Kier alpha value is -0.550. The minimum Gasteiger partial charge on any atom is -0.326 e. The van der Waals surface area contributed by atoms with E-state index in [-0.39, 0.29) is 0 Å². The molecule has 0 radical (unpaired) electrons. The van der Waals surface area contributed by atoms with E-state index in [4.69, 9.17) is 17.3 Å². The summed E-state index contributed by atoms with van der Waals surface area (Å²) in [5, 5.41) is 1.62. The second-order valence-electron chi connectivity index (χ2n) is 3.34. The molecule has 0 spiro atoms. The number of nitrogens with two attached hydrogens (primary N) is 1. The molecule has 2 rings (SSSR count). The Morgan fingerprint density at radius 1 is 1.29 bits per heavy atom. The summed E-state index contributed by atoms with van der Waals surface area (Å²) in [5.74, 6) is 0. The van der Waals surface area contributed by atoms with Gasteiger partial charge in [0.1, 0.15) is 5.03 Å². The highest BCUT2D eigenvalue weighted by Gasteiger charge is 2.07. The lowest BCUT2D eigenvalue weighted by Crippen LogP contribution is -1.99. The molecule has 0 atom stereocenters. The molecular weight excluding hydrogens is 320 g/mol. The maximum atomic E-state index is 6.10. The molecule has 88 valence electrons. The van der Waals surface area contributed by atoms with Crippen LogP contribution in [0.25, 0.3) is 0 Å². The Morgan fingerprint density at radius 3 is 2.76 bits per heavy atom. The largest absolute Gasteiger partial charge is 0.326 e. The molecule has 0 fully saturated rings. The van der Waals surface area contributed by atoms with Gasteiger partial charge in [0.2, 0.25) is 0 Å². The Balaban J connectivity index is 2.29. The van der Waals surface area contributed by atoms with Crippen molar-refractivity contribution in [1.29, 1.82) is 0 Å². The van der Waals surface area contributed by atoms with Gasteiger partial charge in [0, 0.05) is 27.1 Å². The summed E-state index contributed by atoms with van der Waals surface area (Å²) in [6, 6.07) is 9.69. The maximum absolute atomic E-state index is 6.10. The summed E-state index contributed by atoms with van der Waals surface area (Å²) in [6.45, 7) is 0.429. The number of hydrogen-bond donors (Lipinski definition) is 1. The van der Waals surface area contributed by atoms with Gasteiger partial charge >= 0.3 is 0 Å². The molecule has 2 aromatic rings. The Labute approximate surface area is 118 Å². The van der Waals surface area contributed by atoms with Gasteiger partial charge in [-0.25, -0.2) is 4.98 Å². The predicted octanol–water partition coefficient (Wildman–Crippen LogP) is 4.11. The Morgan fingerprint density at radius 2 is 2.12 bits per heavy atom. The van der Waals surface area contributed by atoms with Crippen LogP contribution in [-0.2, 0) is 6.54 Å². The molecule has 0 saturated heterocycles. The fourth-order valence-electron chi connectivity index (χ4n) is 1.37. The predicted molar refractivity (Wildman–Crippen MR) is 75.4 cm³/mol. The fraction of sp³-hybridized carbons (Fsp3) is 0.0833. The average molecular weight is 330 g/mol. The zero-order valence-corrected chi connectivity index (χ0v) is 12.0. The van der Waals surface area contributed by atoms with E-state index in [0.717, 1.165) is 20.0 Å². The molecular formula is C12H10BrClN2S. The molecule has 0 aliphatic heterocycles. The fourth-order valence-corrected chi connectivity index (χ4v) is 2.84. The van der Waals surface area contributed by atoms with Gasteiger partial charge in [-0.15, -0.1) is 0 Å². The second-order valence-corrected chi connectivity index (χ2v) is 5.72. The van der Waals surface area contributed by atoms with Crippen molar-refractivity contribution in [3.05, 3.63) is 51.6 Å². The second kappa shape index (κ2) is 5.87. The first kappa shape index (κ1) is 12.9. The number of nitrogens with zero attached hydrogens (tertiary/aromatic N) is 1. The number of hydrogen-bond acceptors (Lipinski definition) is 3. The minimum absolute atomic E-state index is 0.429. The van der Waals surface area contributed by atoms with E-state index in [1.54, 1.807) is 18.0 Å². The van der Waals surface area contributed by atoms with Crippen LogP contribution < -0.4 is 5.73 Å². The van der Waals surface area contributed by atoms with E-state index >= 15 is 0 Å². The van der Waals surface area contributed by atoms with Gasteiger partial charge in [0.25, 0.3) is 0 Å². The lowest BCUT2D eigenvalue weighted by Gasteiger charge is -2.08. The van der Waals surface area contributed by atoms with Crippen molar-refractivity contribution < 1.29 is 0 Å². The van der Waals surface area contributed by atoms with Gasteiger partial charge < -0.3 is 5.73 Å². The number of pyridine rings is 1. The van der Waals surface area contributed by atoms with Gasteiger partial charge in [0.15, 0.2) is 0 Å². The van der Waals surface area contributed by atoms with Gasteiger partial charge in [-0.2, -0.15) is 0 Å². The molecule has 1 aromatic carbocycles. The van der Waals surface area contributed by atoms with Crippen LogP contribution in [0.3, 0.4) is 0 Å². The van der Waals surface area contributed by atoms with E-state index in [1.165, 1.54) is 0 Å². The van der Waals surface area contributed by atoms with E-state index < -0.39 is 0 Å². The van der Waals surface area contributed by atoms with Crippen LogP contribution >= 0.6 is 39.3 Å². The van der Waals surface area contributed by atoms with Crippen LogP contribution in [0.15, 0.2) is 50.9 Å².